The van der Waals surface area contributed by atoms with Crippen LogP contribution in [0.4, 0.5) is 0 Å². The van der Waals surface area contributed by atoms with E-state index in [4.69, 9.17) is 22.8 Å². The van der Waals surface area contributed by atoms with Gasteiger partial charge in [0.15, 0.2) is 0 Å². The summed E-state index contributed by atoms with van der Waals surface area (Å²) in [5.41, 5.74) is 1.34. The van der Waals surface area contributed by atoms with E-state index in [1.807, 2.05) is 18.2 Å². The Labute approximate surface area is 221 Å². The second kappa shape index (κ2) is 14.2. The molecule has 2 aromatic carbocycles. The van der Waals surface area contributed by atoms with Crippen LogP contribution in [0.3, 0.4) is 0 Å². The van der Waals surface area contributed by atoms with E-state index in [0.717, 1.165) is 24.0 Å². The van der Waals surface area contributed by atoms with Crippen molar-refractivity contribution in [3.63, 3.8) is 0 Å². The quantitative estimate of drug-likeness (QED) is 0.104. The second-order valence-corrected chi connectivity index (χ2v) is 9.73. The zero-order chi connectivity index (χ0) is 27.4. The van der Waals surface area contributed by atoms with E-state index >= 15 is 0 Å². The Kier molecular flexibility index (Phi) is 10.7. The molecule has 0 unspecified atom stereocenters. The number of fused-ring (bicyclic) bond motifs is 1. The summed E-state index contributed by atoms with van der Waals surface area (Å²) in [6.07, 6.45) is 4.48. The molecule has 9 nitrogen and oxygen atoms in total. The molecule has 3 aromatic rings. The minimum absolute atomic E-state index is 0.0214. The fourth-order valence-corrected chi connectivity index (χ4v) is 4.27. The standard InChI is InChI=1S/C28H30O9S/c1-3-27(29)34-16-6-5-15-33-23-12-9-22-19-25(37-26(22)20-23)21-10-13-24(14-11-21)38(31,32)36-18-8-7-17-35-28(30)4-2/h3-4,9-14,19-20H,1-2,5-8,15-18H2. The maximum atomic E-state index is 12.4. The van der Waals surface area contributed by atoms with E-state index in [-0.39, 0.29) is 18.1 Å². The molecule has 1 heterocycles. The summed E-state index contributed by atoms with van der Waals surface area (Å²) in [4.78, 5) is 22.0. The van der Waals surface area contributed by atoms with Gasteiger partial charge < -0.3 is 18.6 Å². The topological polar surface area (TPSA) is 118 Å². The fourth-order valence-electron chi connectivity index (χ4n) is 3.33. The Bertz CT molecular complexity index is 1350. The molecule has 0 aliphatic rings. The van der Waals surface area contributed by atoms with Gasteiger partial charge in [-0.1, -0.05) is 13.2 Å². The van der Waals surface area contributed by atoms with E-state index < -0.39 is 22.1 Å². The zero-order valence-electron chi connectivity index (χ0n) is 20.9. The summed E-state index contributed by atoms with van der Waals surface area (Å²) in [5.74, 6) is 0.278. The number of ether oxygens (including phenoxy) is 3. The highest BCUT2D eigenvalue weighted by Crippen LogP contribution is 2.31. The molecule has 0 atom stereocenters. The van der Waals surface area contributed by atoms with Gasteiger partial charge in [0.25, 0.3) is 10.1 Å². The number of esters is 2. The molecule has 0 amide bonds. The van der Waals surface area contributed by atoms with Gasteiger partial charge in [0.05, 0.1) is 31.3 Å². The van der Waals surface area contributed by atoms with Gasteiger partial charge in [-0.2, -0.15) is 8.42 Å². The van der Waals surface area contributed by atoms with E-state index in [0.29, 0.717) is 55.1 Å². The van der Waals surface area contributed by atoms with Crippen LogP contribution in [0.5, 0.6) is 5.75 Å². The van der Waals surface area contributed by atoms with Crippen LogP contribution in [0.15, 0.2) is 83.2 Å². The molecule has 0 aliphatic heterocycles. The van der Waals surface area contributed by atoms with Crippen LogP contribution in [-0.2, 0) is 33.4 Å². The Morgan fingerprint density at radius 2 is 1.39 bits per heavy atom. The van der Waals surface area contributed by atoms with Gasteiger partial charge in [-0.05, 0) is 68.1 Å². The highest BCUT2D eigenvalue weighted by molar-refractivity contribution is 7.86. The molecule has 0 N–H and O–H groups in total. The molecule has 1 aromatic heterocycles. The lowest BCUT2D eigenvalue weighted by Crippen LogP contribution is -2.09. The van der Waals surface area contributed by atoms with Crippen LogP contribution in [0.25, 0.3) is 22.3 Å². The monoisotopic (exact) mass is 542 g/mol. The average Bonchev–Trinajstić information content (AvgIpc) is 3.35. The fraction of sp³-hybridized carbons (Fsp3) is 0.286. The number of rotatable bonds is 16. The maximum absolute atomic E-state index is 12.4. The van der Waals surface area contributed by atoms with Crippen molar-refractivity contribution in [2.75, 3.05) is 26.4 Å². The predicted octanol–water partition coefficient (Wildman–Crippen LogP) is 5.20. The number of carbonyl (C=O) groups is 2. The lowest BCUT2D eigenvalue weighted by molar-refractivity contribution is -0.138. The minimum Gasteiger partial charge on any atom is -0.493 e. The molecule has 0 saturated heterocycles. The van der Waals surface area contributed by atoms with Crippen molar-refractivity contribution in [1.29, 1.82) is 0 Å². The Morgan fingerprint density at radius 3 is 2.03 bits per heavy atom. The van der Waals surface area contributed by atoms with Crippen molar-refractivity contribution in [3.8, 4) is 17.1 Å². The van der Waals surface area contributed by atoms with Gasteiger partial charge in [0, 0.05) is 29.2 Å². The van der Waals surface area contributed by atoms with Crippen molar-refractivity contribution in [3.05, 3.63) is 73.8 Å². The van der Waals surface area contributed by atoms with Crippen LogP contribution in [-0.4, -0.2) is 46.8 Å². The third-order valence-electron chi connectivity index (χ3n) is 5.33. The molecule has 3 rings (SSSR count). The van der Waals surface area contributed by atoms with E-state index in [1.165, 1.54) is 12.1 Å². The molecule has 10 heteroatoms. The summed E-state index contributed by atoms with van der Waals surface area (Å²) >= 11 is 0. The molecular weight excluding hydrogens is 512 g/mol. The first-order chi connectivity index (χ1) is 18.3. The van der Waals surface area contributed by atoms with E-state index in [2.05, 4.69) is 13.2 Å². The van der Waals surface area contributed by atoms with Crippen molar-refractivity contribution in [2.24, 2.45) is 0 Å². The largest absolute Gasteiger partial charge is 0.493 e. The predicted molar refractivity (Wildman–Crippen MR) is 141 cm³/mol. The normalized spacial score (nSPS) is 11.2. The first-order valence-corrected chi connectivity index (χ1v) is 13.5. The van der Waals surface area contributed by atoms with Gasteiger partial charge in [0.2, 0.25) is 0 Å². The third-order valence-corrected chi connectivity index (χ3v) is 6.65. The number of carbonyl (C=O) groups excluding carboxylic acids is 2. The molecule has 38 heavy (non-hydrogen) atoms. The molecule has 0 spiro atoms. The lowest BCUT2D eigenvalue weighted by Gasteiger charge is -2.06. The van der Waals surface area contributed by atoms with Crippen molar-refractivity contribution in [2.45, 2.75) is 30.6 Å². The summed E-state index contributed by atoms with van der Waals surface area (Å²) in [5, 5.41) is 0.877. The summed E-state index contributed by atoms with van der Waals surface area (Å²) in [6.45, 7) is 7.58. The highest BCUT2D eigenvalue weighted by Gasteiger charge is 2.16. The first-order valence-electron chi connectivity index (χ1n) is 12.1. The molecule has 0 radical (unpaired) electrons. The SMILES string of the molecule is C=CC(=O)OCCCCOc1ccc2cc(-c3ccc(S(=O)(=O)OCCCCOC(=O)C=C)cc3)oc2c1. The van der Waals surface area contributed by atoms with Gasteiger partial charge in [0.1, 0.15) is 17.1 Å². The number of benzene rings is 2. The second-order valence-electron chi connectivity index (χ2n) is 8.12. The van der Waals surface area contributed by atoms with Crippen LogP contribution >= 0.6 is 0 Å². The number of furan rings is 1. The van der Waals surface area contributed by atoms with Gasteiger partial charge >= 0.3 is 11.9 Å². The summed E-state index contributed by atoms with van der Waals surface area (Å²) in [6, 6.07) is 13.6. The van der Waals surface area contributed by atoms with E-state index in [9.17, 15) is 18.0 Å². The Morgan fingerprint density at radius 1 is 0.789 bits per heavy atom. The molecule has 0 aliphatic carbocycles. The maximum Gasteiger partial charge on any atom is 0.330 e. The average molecular weight is 543 g/mol. The molecule has 202 valence electrons. The number of hydrogen-bond donors (Lipinski definition) is 0. The molecular formula is C28H30O9S. The highest BCUT2D eigenvalue weighted by atomic mass is 32.2. The first kappa shape index (κ1) is 28.7. The van der Waals surface area contributed by atoms with Crippen LogP contribution in [0.2, 0.25) is 0 Å². The van der Waals surface area contributed by atoms with Crippen molar-refractivity contribution < 1.29 is 40.8 Å². The van der Waals surface area contributed by atoms with Crippen LogP contribution in [0, 0.1) is 0 Å². The summed E-state index contributed by atoms with van der Waals surface area (Å²) < 4.78 is 51.5. The Hall–Kier alpha value is -3.89. The van der Waals surface area contributed by atoms with Gasteiger partial charge in [-0.3, -0.25) is 4.18 Å². The van der Waals surface area contributed by atoms with Crippen molar-refractivity contribution >= 4 is 33.0 Å². The number of hydrogen-bond acceptors (Lipinski definition) is 9. The lowest BCUT2D eigenvalue weighted by atomic mass is 10.1. The Balaban J connectivity index is 1.51. The van der Waals surface area contributed by atoms with E-state index in [1.54, 1.807) is 18.2 Å². The van der Waals surface area contributed by atoms with Gasteiger partial charge in [-0.15, -0.1) is 0 Å². The van der Waals surface area contributed by atoms with Gasteiger partial charge in [-0.25, -0.2) is 9.59 Å². The third kappa shape index (κ3) is 8.60. The number of unbranched alkanes of at least 4 members (excludes halogenated alkanes) is 2. The van der Waals surface area contributed by atoms with Crippen LogP contribution < -0.4 is 4.74 Å². The van der Waals surface area contributed by atoms with Crippen molar-refractivity contribution in [1.82, 2.24) is 0 Å². The molecule has 0 bridgehead atoms. The minimum atomic E-state index is -3.92. The molecule has 0 fully saturated rings. The zero-order valence-corrected chi connectivity index (χ0v) is 21.7. The smallest absolute Gasteiger partial charge is 0.330 e. The van der Waals surface area contributed by atoms with Crippen LogP contribution in [0.1, 0.15) is 25.7 Å². The summed E-state index contributed by atoms with van der Waals surface area (Å²) in [7, 11) is -3.92. The molecule has 0 saturated carbocycles.